The summed E-state index contributed by atoms with van der Waals surface area (Å²) in [5.41, 5.74) is 6.96. The number of nitrogens with two attached hydrogens (primary N) is 1. The molecular weight excluding hydrogens is 416 g/mol. The van der Waals surface area contributed by atoms with Crippen molar-refractivity contribution in [2.75, 3.05) is 52.4 Å². The van der Waals surface area contributed by atoms with Crippen LogP contribution in [-0.2, 0) is 13.1 Å². The molecule has 28 heavy (non-hydrogen) atoms. The van der Waals surface area contributed by atoms with Gasteiger partial charge in [0.25, 0.3) is 0 Å². The van der Waals surface area contributed by atoms with E-state index in [9.17, 15) is 0 Å². The SMILES string of the molecule is NCCCN1CCN(CCCN(Cc2ccc(Br)cc2)Cc2ccco2)CC1. The number of halogens is 1. The van der Waals surface area contributed by atoms with Crippen molar-refractivity contribution in [2.45, 2.75) is 25.9 Å². The normalized spacial score (nSPS) is 16.1. The summed E-state index contributed by atoms with van der Waals surface area (Å²) in [7, 11) is 0. The summed E-state index contributed by atoms with van der Waals surface area (Å²) >= 11 is 3.52. The van der Waals surface area contributed by atoms with Crippen LogP contribution in [0.3, 0.4) is 0 Å². The van der Waals surface area contributed by atoms with E-state index in [2.05, 4.69) is 61.0 Å². The molecule has 0 atom stereocenters. The average molecular weight is 449 g/mol. The second-order valence-electron chi connectivity index (χ2n) is 7.60. The fourth-order valence-electron chi connectivity index (χ4n) is 3.75. The van der Waals surface area contributed by atoms with Crippen molar-refractivity contribution in [3.8, 4) is 0 Å². The summed E-state index contributed by atoms with van der Waals surface area (Å²) in [4.78, 5) is 7.63. The minimum atomic E-state index is 0.796. The van der Waals surface area contributed by atoms with Gasteiger partial charge in [-0.15, -0.1) is 0 Å². The third kappa shape index (κ3) is 7.33. The Morgan fingerprint density at radius 3 is 2.21 bits per heavy atom. The summed E-state index contributed by atoms with van der Waals surface area (Å²) in [6, 6.07) is 12.7. The van der Waals surface area contributed by atoms with E-state index in [1.165, 1.54) is 44.7 Å². The van der Waals surface area contributed by atoms with E-state index in [-0.39, 0.29) is 0 Å². The van der Waals surface area contributed by atoms with Crippen molar-refractivity contribution in [3.63, 3.8) is 0 Å². The van der Waals surface area contributed by atoms with Crippen LogP contribution in [0.15, 0.2) is 51.6 Å². The highest BCUT2D eigenvalue weighted by Crippen LogP contribution is 2.15. The highest BCUT2D eigenvalue weighted by molar-refractivity contribution is 9.10. The van der Waals surface area contributed by atoms with E-state index in [1.807, 2.05) is 6.07 Å². The lowest BCUT2D eigenvalue weighted by atomic mass is 10.2. The quantitative estimate of drug-likeness (QED) is 0.570. The average Bonchev–Trinajstić information content (AvgIpc) is 3.22. The van der Waals surface area contributed by atoms with Crippen molar-refractivity contribution in [1.29, 1.82) is 0 Å². The first-order valence-electron chi connectivity index (χ1n) is 10.4. The first-order valence-corrected chi connectivity index (χ1v) is 11.2. The van der Waals surface area contributed by atoms with E-state index in [0.717, 1.165) is 49.4 Å². The number of piperazine rings is 1. The van der Waals surface area contributed by atoms with Crippen molar-refractivity contribution in [3.05, 3.63) is 58.5 Å². The van der Waals surface area contributed by atoms with Crippen molar-refractivity contribution >= 4 is 15.9 Å². The van der Waals surface area contributed by atoms with Crippen LogP contribution in [0.1, 0.15) is 24.2 Å². The monoisotopic (exact) mass is 448 g/mol. The summed E-state index contributed by atoms with van der Waals surface area (Å²) in [6.45, 7) is 10.7. The van der Waals surface area contributed by atoms with E-state index in [1.54, 1.807) is 6.26 Å². The van der Waals surface area contributed by atoms with Crippen LogP contribution in [0.2, 0.25) is 0 Å². The predicted octanol–water partition coefficient (Wildman–Crippen LogP) is 3.40. The molecule has 154 valence electrons. The Morgan fingerprint density at radius 1 is 0.929 bits per heavy atom. The molecule has 2 heterocycles. The van der Waals surface area contributed by atoms with E-state index in [0.29, 0.717) is 0 Å². The van der Waals surface area contributed by atoms with Gasteiger partial charge in [-0.05, 0) is 62.3 Å². The number of hydrogen-bond acceptors (Lipinski definition) is 5. The zero-order valence-electron chi connectivity index (χ0n) is 16.7. The Balaban J connectivity index is 1.44. The molecule has 5 nitrogen and oxygen atoms in total. The maximum absolute atomic E-state index is 5.63. The Hall–Kier alpha value is -1.18. The summed E-state index contributed by atoms with van der Waals surface area (Å²) in [5.74, 6) is 1.03. The minimum absolute atomic E-state index is 0.796. The van der Waals surface area contributed by atoms with Crippen molar-refractivity contribution in [1.82, 2.24) is 14.7 Å². The van der Waals surface area contributed by atoms with Crippen LogP contribution in [0.5, 0.6) is 0 Å². The molecule has 1 fully saturated rings. The van der Waals surface area contributed by atoms with Gasteiger partial charge in [-0.2, -0.15) is 0 Å². The molecule has 0 spiro atoms. The van der Waals surface area contributed by atoms with Gasteiger partial charge in [0.1, 0.15) is 5.76 Å². The molecule has 0 bridgehead atoms. The maximum atomic E-state index is 5.63. The molecule has 1 aliphatic heterocycles. The smallest absolute Gasteiger partial charge is 0.117 e. The zero-order chi connectivity index (χ0) is 19.6. The summed E-state index contributed by atoms with van der Waals surface area (Å²) < 4.78 is 6.71. The molecule has 3 rings (SSSR count). The number of furan rings is 1. The lowest BCUT2D eigenvalue weighted by Gasteiger charge is -2.35. The molecule has 0 radical (unpaired) electrons. The lowest BCUT2D eigenvalue weighted by molar-refractivity contribution is 0.124. The van der Waals surface area contributed by atoms with Gasteiger partial charge in [-0.25, -0.2) is 0 Å². The third-order valence-electron chi connectivity index (χ3n) is 5.37. The summed E-state index contributed by atoms with van der Waals surface area (Å²) in [6.07, 6.45) is 4.05. The van der Waals surface area contributed by atoms with Gasteiger partial charge in [0.05, 0.1) is 12.8 Å². The van der Waals surface area contributed by atoms with E-state index >= 15 is 0 Å². The molecule has 2 N–H and O–H groups in total. The van der Waals surface area contributed by atoms with Crippen molar-refractivity contribution in [2.24, 2.45) is 5.73 Å². The third-order valence-corrected chi connectivity index (χ3v) is 5.90. The summed E-state index contributed by atoms with van der Waals surface area (Å²) in [5, 5.41) is 0. The molecule has 0 unspecified atom stereocenters. The number of benzene rings is 1. The first kappa shape index (κ1) is 21.5. The van der Waals surface area contributed by atoms with Crippen LogP contribution in [0, 0.1) is 0 Å². The van der Waals surface area contributed by atoms with Gasteiger partial charge in [0.2, 0.25) is 0 Å². The molecule has 0 amide bonds. The topological polar surface area (TPSA) is 48.9 Å². The standard InChI is InChI=1S/C22H33BrN4O/c23-21-7-5-20(6-8-21)18-27(19-22-4-1-17-28-22)12-3-11-26-15-13-25(14-16-26)10-2-9-24/h1,4-8,17H,2-3,9-16,18-19,24H2. The lowest BCUT2D eigenvalue weighted by Crippen LogP contribution is -2.47. The Kier molecular flexibility index (Phi) is 9.02. The van der Waals surface area contributed by atoms with Gasteiger partial charge in [-0.1, -0.05) is 28.1 Å². The second-order valence-corrected chi connectivity index (χ2v) is 8.51. The molecule has 1 aliphatic rings. The number of rotatable bonds is 11. The van der Waals surface area contributed by atoms with Crippen LogP contribution >= 0.6 is 15.9 Å². The van der Waals surface area contributed by atoms with Gasteiger partial charge in [-0.3, -0.25) is 4.90 Å². The Morgan fingerprint density at radius 2 is 1.61 bits per heavy atom. The zero-order valence-corrected chi connectivity index (χ0v) is 18.3. The molecule has 1 aromatic heterocycles. The molecule has 1 aromatic carbocycles. The van der Waals surface area contributed by atoms with Gasteiger partial charge in [0.15, 0.2) is 0 Å². The fraction of sp³-hybridized carbons (Fsp3) is 0.545. The largest absolute Gasteiger partial charge is 0.468 e. The Labute approximate surface area is 177 Å². The van der Waals surface area contributed by atoms with Gasteiger partial charge < -0.3 is 20.0 Å². The fourth-order valence-corrected chi connectivity index (χ4v) is 4.02. The molecule has 1 saturated heterocycles. The Bertz CT molecular complexity index is 654. The molecule has 2 aromatic rings. The highest BCUT2D eigenvalue weighted by atomic mass is 79.9. The number of nitrogens with zero attached hydrogens (tertiary/aromatic N) is 3. The molecule has 0 saturated carbocycles. The van der Waals surface area contributed by atoms with Crippen LogP contribution < -0.4 is 5.73 Å². The van der Waals surface area contributed by atoms with Crippen LogP contribution in [-0.4, -0.2) is 67.1 Å². The molecule has 6 heteroatoms. The van der Waals surface area contributed by atoms with Gasteiger partial charge in [0, 0.05) is 43.7 Å². The number of hydrogen-bond donors (Lipinski definition) is 1. The molecular formula is C22H33BrN4O. The maximum Gasteiger partial charge on any atom is 0.117 e. The van der Waals surface area contributed by atoms with E-state index < -0.39 is 0 Å². The minimum Gasteiger partial charge on any atom is -0.468 e. The predicted molar refractivity (Wildman–Crippen MR) is 118 cm³/mol. The highest BCUT2D eigenvalue weighted by Gasteiger charge is 2.16. The van der Waals surface area contributed by atoms with Gasteiger partial charge >= 0.3 is 0 Å². The first-order chi connectivity index (χ1) is 13.7. The second kappa shape index (κ2) is 11.7. The van der Waals surface area contributed by atoms with E-state index in [4.69, 9.17) is 10.2 Å². The van der Waals surface area contributed by atoms with Crippen LogP contribution in [0.4, 0.5) is 0 Å². The van der Waals surface area contributed by atoms with Crippen LogP contribution in [0.25, 0.3) is 0 Å². The van der Waals surface area contributed by atoms with Crippen molar-refractivity contribution < 1.29 is 4.42 Å². The molecule has 0 aliphatic carbocycles.